The summed E-state index contributed by atoms with van der Waals surface area (Å²) >= 11 is 6.83. The molecule has 1 amide bonds. The molecule has 0 aromatic heterocycles. The Hall–Kier alpha value is -2.57. The van der Waals surface area contributed by atoms with Gasteiger partial charge in [0.05, 0.1) is 23.2 Å². The Bertz CT molecular complexity index is 1120. The SMILES string of the molecule is CCN1c2cc(OC)c(/C=C3/SC(=S)N(c4ccccc4)C3=O)cc2C(C)=CC1(C)C. The molecule has 2 aromatic carbocycles. The number of para-hydroxylation sites is 1. The van der Waals surface area contributed by atoms with Crippen LogP contribution in [0.4, 0.5) is 11.4 Å². The van der Waals surface area contributed by atoms with Gasteiger partial charge in [-0.05, 0) is 57.5 Å². The number of rotatable bonds is 4. The summed E-state index contributed by atoms with van der Waals surface area (Å²) in [5, 5.41) is 0. The smallest absolute Gasteiger partial charge is 0.270 e. The quantitative estimate of drug-likeness (QED) is 0.414. The number of methoxy groups -OCH3 is 1. The van der Waals surface area contributed by atoms with Crippen molar-refractivity contribution in [2.45, 2.75) is 33.2 Å². The summed E-state index contributed by atoms with van der Waals surface area (Å²) in [5.41, 5.74) is 5.11. The van der Waals surface area contributed by atoms with Gasteiger partial charge in [0.2, 0.25) is 0 Å². The maximum atomic E-state index is 13.1. The number of carbonyl (C=O) groups excluding carboxylic acids is 1. The molecule has 0 spiro atoms. The predicted octanol–water partition coefficient (Wildman–Crippen LogP) is 6.12. The molecule has 2 aromatic rings. The van der Waals surface area contributed by atoms with Gasteiger partial charge < -0.3 is 9.64 Å². The second-order valence-corrected chi connectivity index (χ2v) is 9.87. The van der Waals surface area contributed by atoms with Gasteiger partial charge >= 0.3 is 0 Å². The van der Waals surface area contributed by atoms with Crippen molar-refractivity contribution in [1.29, 1.82) is 0 Å². The molecule has 0 atom stereocenters. The van der Waals surface area contributed by atoms with Gasteiger partial charge in [-0.1, -0.05) is 48.3 Å². The maximum Gasteiger partial charge on any atom is 0.270 e. The Balaban J connectivity index is 1.78. The normalized spacial score (nSPS) is 19.0. The van der Waals surface area contributed by atoms with Crippen molar-refractivity contribution < 1.29 is 9.53 Å². The Morgan fingerprint density at radius 1 is 1.19 bits per heavy atom. The highest BCUT2D eigenvalue weighted by Gasteiger charge is 2.34. The van der Waals surface area contributed by atoms with Crippen LogP contribution in [0, 0.1) is 0 Å². The van der Waals surface area contributed by atoms with Crippen molar-refractivity contribution in [3.05, 3.63) is 64.6 Å². The van der Waals surface area contributed by atoms with Crippen LogP contribution in [0.5, 0.6) is 5.75 Å². The average Bonchev–Trinajstić information content (AvgIpc) is 3.01. The molecule has 1 saturated heterocycles. The van der Waals surface area contributed by atoms with Crippen LogP contribution in [-0.4, -0.2) is 29.4 Å². The molecule has 0 radical (unpaired) electrons. The van der Waals surface area contributed by atoms with E-state index in [2.05, 4.69) is 50.8 Å². The van der Waals surface area contributed by atoms with Gasteiger partial charge in [-0.15, -0.1) is 0 Å². The number of thiocarbonyl (C=S) groups is 1. The van der Waals surface area contributed by atoms with Crippen molar-refractivity contribution in [2.24, 2.45) is 0 Å². The molecule has 2 heterocycles. The minimum atomic E-state index is -0.107. The average molecular weight is 451 g/mol. The van der Waals surface area contributed by atoms with Gasteiger partial charge in [0, 0.05) is 29.4 Å². The summed E-state index contributed by atoms with van der Waals surface area (Å²) in [6, 6.07) is 13.7. The lowest BCUT2D eigenvalue weighted by Crippen LogP contribution is -2.44. The lowest BCUT2D eigenvalue weighted by molar-refractivity contribution is -0.113. The monoisotopic (exact) mass is 450 g/mol. The first-order valence-electron chi connectivity index (χ1n) is 10.3. The first-order valence-corrected chi connectivity index (χ1v) is 11.5. The number of amides is 1. The second-order valence-electron chi connectivity index (χ2n) is 8.19. The number of benzene rings is 2. The van der Waals surface area contributed by atoms with Crippen LogP contribution in [0.1, 0.15) is 38.8 Å². The van der Waals surface area contributed by atoms with Gasteiger partial charge in [0.1, 0.15) is 5.75 Å². The number of hydrogen-bond donors (Lipinski definition) is 0. The molecule has 31 heavy (non-hydrogen) atoms. The number of allylic oxidation sites excluding steroid dienone is 1. The molecule has 0 bridgehead atoms. The molecular weight excluding hydrogens is 424 g/mol. The summed E-state index contributed by atoms with van der Waals surface area (Å²) < 4.78 is 6.27. The van der Waals surface area contributed by atoms with Crippen LogP contribution >= 0.6 is 24.0 Å². The summed E-state index contributed by atoms with van der Waals surface area (Å²) in [6.45, 7) is 9.63. The fourth-order valence-corrected chi connectivity index (χ4v) is 5.69. The van der Waals surface area contributed by atoms with E-state index in [4.69, 9.17) is 17.0 Å². The van der Waals surface area contributed by atoms with E-state index in [1.54, 1.807) is 12.0 Å². The second kappa shape index (κ2) is 8.17. The fraction of sp³-hybridized carbons (Fsp3) is 0.280. The minimum Gasteiger partial charge on any atom is -0.496 e. The van der Waals surface area contributed by atoms with E-state index in [0.29, 0.717) is 9.23 Å². The van der Waals surface area contributed by atoms with Crippen molar-refractivity contribution in [1.82, 2.24) is 0 Å². The third kappa shape index (κ3) is 3.79. The van der Waals surface area contributed by atoms with Gasteiger partial charge in [-0.2, -0.15) is 0 Å². The van der Waals surface area contributed by atoms with Crippen LogP contribution in [0.3, 0.4) is 0 Å². The summed E-state index contributed by atoms with van der Waals surface area (Å²) in [6.07, 6.45) is 4.19. The Labute approximate surface area is 193 Å². The summed E-state index contributed by atoms with van der Waals surface area (Å²) in [4.78, 5) is 17.7. The van der Waals surface area contributed by atoms with Crippen LogP contribution < -0.4 is 14.5 Å². The molecule has 4 nitrogen and oxygen atoms in total. The molecule has 1 fully saturated rings. The van der Waals surface area contributed by atoms with E-state index < -0.39 is 0 Å². The highest BCUT2D eigenvalue weighted by Crippen LogP contribution is 2.43. The maximum absolute atomic E-state index is 13.1. The zero-order valence-corrected chi connectivity index (χ0v) is 20.1. The number of carbonyl (C=O) groups is 1. The lowest BCUT2D eigenvalue weighted by atomic mass is 9.87. The topological polar surface area (TPSA) is 32.8 Å². The number of hydrogen-bond acceptors (Lipinski definition) is 5. The molecule has 0 saturated carbocycles. The van der Waals surface area contributed by atoms with E-state index in [-0.39, 0.29) is 11.4 Å². The standard InChI is InChI=1S/C25H26N2O2S2/c1-6-26-20-14-21(29-5)17(12-19(20)16(2)15-25(26,3)4)13-22-23(28)27(24(30)31-22)18-10-8-7-9-11-18/h7-15H,6H2,1-5H3/b22-13+. The van der Waals surface area contributed by atoms with E-state index in [0.717, 1.165) is 34.8 Å². The highest BCUT2D eigenvalue weighted by atomic mass is 32.2. The number of ether oxygens (including phenoxy) is 1. The van der Waals surface area contributed by atoms with Crippen molar-refractivity contribution in [2.75, 3.05) is 23.5 Å². The third-order valence-electron chi connectivity index (χ3n) is 5.74. The van der Waals surface area contributed by atoms with Gasteiger partial charge in [0.25, 0.3) is 5.91 Å². The molecule has 4 rings (SSSR count). The molecule has 2 aliphatic heterocycles. The van der Waals surface area contributed by atoms with Gasteiger partial charge in [0.15, 0.2) is 4.32 Å². The third-order valence-corrected chi connectivity index (χ3v) is 7.04. The molecular formula is C25H26N2O2S2. The first-order chi connectivity index (χ1) is 14.8. The number of thioether (sulfide) groups is 1. The molecule has 0 N–H and O–H groups in total. The van der Waals surface area contributed by atoms with Gasteiger partial charge in [-0.25, -0.2) is 0 Å². The number of fused-ring (bicyclic) bond motifs is 1. The lowest BCUT2D eigenvalue weighted by Gasteiger charge is -2.43. The molecule has 160 valence electrons. The first kappa shape index (κ1) is 21.7. The fourth-order valence-electron chi connectivity index (χ4n) is 4.40. The van der Waals surface area contributed by atoms with Gasteiger partial charge in [-0.3, -0.25) is 9.69 Å². The van der Waals surface area contributed by atoms with Crippen molar-refractivity contribution in [3.63, 3.8) is 0 Å². The Kier molecular flexibility index (Phi) is 5.71. The van der Waals surface area contributed by atoms with Crippen molar-refractivity contribution >= 4 is 57.2 Å². The van der Waals surface area contributed by atoms with E-state index in [1.165, 1.54) is 17.3 Å². The predicted molar refractivity (Wildman–Crippen MR) is 136 cm³/mol. The largest absolute Gasteiger partial charge is 0.496 e. The number of anilines is 2. The highest BCUT2D eigenvalue weighted by molar-refractivity contribution is 8.27. The van der Waals surface area contributed by atoms with E-state index in [1.807, 2.05) is 36.4 Å². The summed E-state index contributed by atoms with van der Waals surface area (Å²) in [7, 11) is 1.67. The minimum absolute atomic E-state index is 0.0729. The Morgan fingerprint density at radius 3 is 2.55 bits per heavy atom. The molecule has 0 unspecified atom stereocenters. The van der Waals surface area contributed by atoms with Crippen LogP contribution in [0.25, 0.3) is 11.6 Å². The van der Waals surface area contributed by atoms with Crippen LogP contribution in [0.15, 0.2) is 53.4 Å². The van der Waals surface area contributed by atoms with E-state index in [9.17, 15) is 4.79 Å². The van der Waals surface area contributed by atoms with Crippen molar-refractivity contribution in [3.8, 4) is 5.75 Å². The zero-order valence-electron chi connectivity index (χ0n) is 18.4. The number of likely N-dealkylation sites (N-methyl/N-ethyl adjacent to an activating group) is 1. The van der Waals surface area contributed by atoms with E-state index >= 15 is 0 Å². The zero-order chi connectivity index (χ0) is 22.3. The molecule has 0 aliphatic carbocycles. The Morgan fingerprint density at radius 2 is 1.90 bits per heavy atom. The van der Waals surface area contributed by atoms with Crippen LogP contribution in [0.2, 0.25) is 0 Å². The summed E-state index contributed by atoms with van der Waals surface area (Å²) in [5.74, 6) is 0.636. The van der Waals surface area contributed by atoms with Crippen LogP contribution in [-0.2, 0) is 4.79 Å². The molecule has 2 aliphatic rings. The molecule has 6 heteroatoms. The number of nitrogens with zero attached hydrogens (tertiary/aromatic N) is 2.